The molecule has 0 aliphatic heterocycles. The molecule has 77 heavy (non-hydrogen) atoms. The molecule has 468 valence electrons. The average molecular weight is 1290 g/mol. The SMILES string of the molecule is CCCC(C)(C)S(=O)(=O)NS(NS(=O)(=O)CCCC(C)C)(NS(=O)(=O)CCC(C)C)(NS(=O)(=O)C(C)(C)C)(NS(=O)(=O)C(C)(C)CC)C(NS(=O)(=O)CC(C)C)(NS(=O)(=O)C(C)CC)C(CCC(C)C)NS(=O)(=O)C(C)C. The largest absolute Gasteiger partial charge is 0.227 e. The highest BCUT2D eigenvalue weighted by molar-refractivity contribution is 8.69. The molecule has 0 radical (unpaired) electrons. The van der Waals surface area contributed by atoms with E-state index in [4.69, 9.17) is 0 Å². The molecule has 0 amide bonds. The average Bonchev–Trinajstić information content (AvgIpc) is 3.18. The van der Waals surface area contributed by atoms with E-state index < -0.39 is 199 Å². The Morgan fingerprint density at radius 2 is 0.870 bits per heavy atom. The van der Waals surface area contributed by atoms with Crippen LogP contribution < -0.4 is 34.8 Å². The Hall–Kier alpha value is -0.370. The standard InChI is InChI=1S/C44H102N8O16S9/c1-22-30-43(20,21)76(67,68)52-77(50-74(63,64)41(15,16)17,49-70(55,56)32-29-36(8)9,51-75(65,66)42(18,19)24-3,48-69(53,54)31-25-26-34(4)5)44(46-71(57,58)33-37(10)11,47-73(61,62)39(14)23-2)40(28-27-35(6)7)45-72(59,60)38(12)13/h34-40,45-52H,22-33H2,1-21H3. The molecule has 0 aromatic heterocycles. The molecular formula is C44H102N8O16S9. The predicted molar refractivity (Wildman–Crippen MR) is 316 cm³/mol. The smallest absolute Gasteiger partial charge is 0.212 e. The van der Waals surface area contributed by atoms with Crippen molar-refractivity contribution in [1.82, 2.24) is 34.8 Å². The van der Waals surface area contributed by atoms with Crippen LogP contribution in [0, 0.1) is 23.7 Å². The first-order valence-corrected chi connectivity index (χ1v) is 41.1. The van der Waals surface area contributed by atoms with Crippen molar-refractivity contribution in [3.05, 3.63) is 0 Å². The topological polar surface area (TPSA) is 369 Å². The van der Waals surface area contributed by atoms with Crippen LogP contribution in [0.3, 0.4) is 0 Å². The quantitative estimate of drug-likeness (QED) is 0.0370. The molecule has 0 bridgehead atoms. The van der Waals surface area contributed by atoms with Crippen LogP contribution in [0.1, 0.15) is 203 Å². The molecule has 0 rings (SSSR count). The molecule has 0 heterocycles. The van der Waals surface area contributed by atoms with Gasteiger partial charge in [0.2, 0.25) is 80.2 Å². The third kappa shape index (κ3) is 18.6. The number of hydrogen-bond acceptors (Lipinski definition) is 16. The summed E-state index contributed by atoms with van der Waals surface area (Å²) in [5.74, 6) is -6.23. The van der Waals surface area contributed by atoms with Gasteiger partial charge in [-0.15, -0.1) is 20.6 Å². The van der Waals surface area contributed by atoms with E-state index in [1.54, 1.807) is 41.5 Å². The van der Waals surface area contributed by atoms with Crippen LogP contribution in [0.2, 0.25) is 0 Å². The van der Waals surface area contributed by atoms with Gasteiger partial charge in [0.1, 0.15) is 0 Å². The molecule has 33 heteroatoms. The first-order valence-electron chi connectivity index (χ1n) is 26.2. The van der Waals surface area contributed by atoms with Gasteiger partial charge in [0, 0.05) is 9.22 Å². The zero-order valence-electron chi connectivity index (χ0n) is 49.7. The van der Waals surface area contributed by atoms with E-state index in [-0.39, 0.29) is 25.2 Å². The third-order valence-corrected chi connectivity index (χ3v) is 40.8. The van der Waals surface area contributed by atoms with Crippen LogP contribution in [0.4, 0.5) is 0 Å². The second-order valence-electron chi connectivity index (χ2n) is 24.7. The first kappa shape index (κ1) is 76.6. The summed E-state index contributed by atoms with van der Waals surface area (Å²) in [5.41, 5.74) is 0. The van der Waals surface area contributed by atoms with Crippen molar-refractivity contribution >= 4 is 89.4 Å². The maximum Gasteiger partial charge on any atom is 0.227 e. The Bertz CT molecular complexity index is 2950. The summed E-state index contributed by atoms with van der Waals surface area (Å²) in [5, 5.41) is -3.43. The molecule has 0 aromatic carbocycles. The second-order valence-corrected chi connectivity index (χ2v) is 47.6. The minimum atomic E-state index is -9.61. The summed E-state index contributed by atoms with van der Waals surface area (Å²) in [6, 6.07) is -2.89. The van der Waals surface area contributed by atoms with E-state index in [1.807, 2.05) is 16.5 Å². The van der Waals surface area contributed by atoms with Crippen molar-refractivity contribution in [2.75, 3.05) is 17.3 Å². The zero-order chi connectivity index (χ0) is 61.6. The van der Waals surface area contributed by atoms with Crippen LogP contribution in [0.25, 0.3) is 0 Å². The molecule has 0 spiro atoms. The van der Waals surface area contributed by atoms with E-state index in [0.29, 0.717) is 0 Å². The fraction of sp³-hybridized carbons (Fsp3) is 1.00. The van der Waals surface area contributed by atoms with Crippen molar-refractivity contribution in [2.24, 2.45) is 23.7 Å². The van der Waals surface area contributed by atoms with E-state index in [1.165, 1.54) is 34.6 Å². The maximum absolute atomic E-state index is 16.5. The third-order valence-electron chi connectivity index (χ3n) is 13.3. The van der Waals surface area contributed by atoms with Gasteiger partial charge in [-0.25, -0.2) is 72.1 Å². The molecule has 0 saturated carbocycles. The van der Waals surface area contributed by atoms with Crippen molar-refractivity contribution in [3.63, 3.8) is 0 Å². The molecule has 0 fully saturated rings. The van der Waals surface area contributed by atoms with Gasteiger partial charge >= 0.3 is 0 Å². The molecule has 3 atom stereocenters. The van der Waals surface area contributed by atoms with Gasteiger partial charge in [0.15, 0.2) is 4.99 Å². The minimum absolute atomic E-state index is 0.0352. The highest BCUT2D eigenvalue weighted by Gasteiger charge is 2.86. The molecular weight excluding hydrogens is 1190 g/mol. The van der Waals surface area contributed by atoms with Crippen LogP contribution in [-0.4, -0.2) is 120 Å². The van der Waals surface area contributed by atoms with E-state index in [2.05, 4.69) is 18.3 Å². The molecule has 24 nitrogen and oxygen atoms in total. The van der Waals surface area contributed by atoms with Crippen LogP contribution >= 0.6 is 9.22 Å². The lowest BCUT2D eigenvalue weighted by Gasteiger charge is -2.84. The highest BCUT2D eigenvalue weighted by Crippen LogP contribution is 2.83. The monoisotopic (exact) mass is 1290 g/mol. The Balaban J connectivity index is 12.9. The lowest BCUT2D eigenvalue weighted by atomic mass is 10.0. The lowest BCUT2D eigenvalue weighted by Crippen LogP contribution is -2.99. The molecule has 0 saturated heterocycles. The molecule has 0 aromatic rings. The first-order chi connectivity index (χ1) is 33.9. The summed E-state index contributed by atoms with van der Waals surface area (Å²) < 4.78 is 265. The summed E-state index contributed by atoms with van der Waals surface area (Å²) in [7, 11) is -56.2. The van der Waals surface area contributed by atoms with E-state index in [9.17, 15) is 8.42 Å². The van der Waals surface area contributed by atoms with Gasteiger partial charge in [-0.05, 0) is 144 Å². The van der Waals surface area contributed by atoms with E-state index >= 15 is 58.9 Å². The lowest BCUT2D eigenvalue weighted by molar-refractivity contribution is 0.326. The van der Waals surface area contributed by atoms with Crippen molar-refractivity contribution < 1.29 is 67.3 Å². The molecule has 0 aliphatic rings. The zero-order valence-corrected chi connectivity index (χ0v) is 57.1. The van der Waals surface area contributed by atoms with Crippen LogP contribution in [0.15, 0.2) is 0 Å². The summed E-state index contributed by atoms with van der Waals surface area (Å²) in [6.07, 6.45) is -3.67. The fourth-order valence-electron chi connectivity index (χ4n) is 7.54. The summed E-state index contributed by atoms with van der Waals surface area (Å²) in [4.78, 5) is -4.60. The van der Waals surface area contributed by atoms with Gasteiger partial charge in [0.25, 0.3) is 0 Å². The van der Waals surface area contributed by atoms with Gasteiger partial charge < -0.3 is 0 Å². The van der Waals surface area contributed by atoms with Gasteiger partial charge in [-0.2, -0.15) is 9.44 Å². The van der Waals surface area contributed by atoms with Gasteiger partial charge in [-0.1, -0.05) is 82.6 Å². The summed E-state index contributed by atoms with van der Waals surface area (Å²) in [6.45, 7) is 26.8. The maximum atomic E-state index is 16.5. The van der Waals surface area contributed by atoms with Gasteiger partial charge in [-0.3, -0.25) is 0 Å². The molecule has 8 N–H and O–H groups in total. The Morgan fingerprint density at radius 1 is 0.442 bits per heavy atom. The highest BCUT2D eigenvalue weighted by atomic mass is 32.5. The number of hydrogen-bond donors (Lipinski definition) is 8. The van der Waals surface area contributed by atoms with Crippen molar-refractivity contribution in [1.29, 1.82) is 0 Å². The van der Waals surface area contributed by atoms with Crippen LogP contribution in [0.5, 0.6) is 0 Å². The molecule has 0 aliphatic carbocycles. The number of sulfonamides is 8. The predicted octanol–water partition coefficient (Wildman–Crippen LogP) is 5.16. The molecule has 3 unspecified atom stereocenters. The minimum Gasteiger partial charge on any atom is -0.212 e. The second kappa shape index (κ2) is 25.9. The Kier molecular flexibility index (Phi) is 25.7. The van der Waals surface area contributed by atoms with Gasteiger partial charge in [0.05, 0.1) is 48.0 Å². The number of rotatable bonds is 38. The van der Waals surface area contributed by atoms with E-state index in [0.717, 1.165) is 69.2 Å². The van der Waals surface area contributed by atoms with Crippen molar-refractivity contribution in [3.8, 4) is 0 Å². The Morgan fingerprint density at radius 3 is 1.25 bits per heavy atom. The van der Waals surface area contributed by atoms with Crippen LogP contribution in [-0.2, 0) is 80.2 Å². The Labute approximate surface area is 468 Å². The normalized spacial score (nSPS) is 17.5. The van der Waals surface area contributed by atoms with Crippen molar-refractivity contribution in [2.45, 2.75) is 239 Å². The number of nitrogens with one attached hydrogen (secondary N) is 8. The fourth-order valence-corrected chi connectivity index (χ4v) is 39.2. The summed E-state index contributed by atoms with van der Waals surface area (Å²) >= 11 is 0.